The summed E-state index contributed by atoms with van der Waals surface area (Å²) in [4.78, 5) is 16.2. The standard InChI is InChI=1S/C18H16F2N4O3/c1-2-26-14-7-3-12(4-8-14)22-17(25)16-21-11-24(23-16)13-5-9-15(10-6-13)27-18(19)20/h3-11,18H,2H2,1H3,(H,22,25). The van der Waals surface area contributed by atoms with Gasteiger partial charge < -0.3 is 14.8 Å². The Morgan fingerprint density at radius 2 is 1.78 bits per heavy atom. The van der Waals surface area contributed by atoms with Crippen molar-refractivity contribution in [1.29, 1.82) is 0 Å². The molecule has 0 saturated heterocycles. The number of aromatic nitrogens is 3. The molecule has 0 aliphatic heterocycles. The lowest BCUT2D eigenvalue weighted by Crippen LogP contribution is -2.14. The molecule has 9 heteroatoms. The Labute approximate surface area is 153 Å². The molecule has 0 bridgehead atoms. The topological polar surface area (TPSA) is 78.3 Å². The van der Waals surface area contributed by atoms with Crippen molar-refractivity contribution >= 4 is 11.6 Å². The third-order valence-corrected chi connectivity index (χ3v) is 3.44. The Balaban J connectivity index is 1.66. The van der Waals surface area contributed by atoms with Gasteiger partial charge in [0.2, 0.25) is 5.82 Å². The minimum absolute atomic E-state index is 0.0299. The zero-order valence-corrected chi connectivity index (χ0v) is 14.3. The highest BCUT2D eigenvalue weighted by Crippen LogP contribution is 2.18. The van der Waals surface area contributed by atoms with E-state index in [1.165, 1.54) is 35.3 Å². The summed E-state index contributed by atoms with van der Waals surface area (Å²) in [6.45, 7) is -0.445. The number of alkyl halides is 2. The number of carbonyl (C=O) groups is 1. The zero-order valence-electron chi connectivity index (χ0n) is 14.3. The molecule has 0 radical (unpaired) electrons. The molecule has 1 N–H and O–H groups in total. The van der Waals surface area contributed by atoms with Gasteiger partial charge in [0.25, 0.3) is 5.91 Å². The predicted octanol–water partition coefficient (Wildman–Crippen LogP) is 3.52. The van der Waals surface area contributed by atoms with Crippen molar-refractivity contribution in [3.05, 3.63) is 60.7 Å². The van der Waals surface area contributed by atoms with E-state index in [9.17, 15) is 13.6 Å². The average Bonchev–Trinajstić information content (AvgIpc) is 3.14. The molecular weight excluding hydrogens is 358 g/mol. The van der Waals surface area contributed by atoms with Crippen molar-refractivity contribution in [3.63, 3.8) is 0 Å². The van der Waals surface area contributed by atoms with Crippen LogP contribution in [0, 0.1) is 0 Å². The Morgan fingerprint density at radius 1 is 1.11 bits per heavy atom. The SMILES string of the molecule is CCOc1ccc(NC(=O)c2ncn(-c3ccc(OC(F)F)cc3)n2)cc1. The summed E-state index contributed by atoms with van der Waals surface area (Å²) in [7, 11) is 0. The second-order valence-corrected chi connectivity index (χ2v) is 5.30. The molecule has 0 aliphatic carbocycles. The number of rotatable bonds is 7. The molecule has 27 heavy (non-hydrogen) atoms. The van der Waals surface area contributed by atoms with E-state index in [0.29, 0.717) is 23.7 Å². The van der Waals surface area contributed by atoms with Crippen molar-refractivity contribution in [2.24, 2.45) is 0 Å². The summed E-state index contributed by atoms with van der Waals surface area (Å²) in [6, 6.07) is 12.7. The summed E-state index contributed by atoms with van der Waals surface area (Å²) >= 11 is 0. The number of ether oxygens (including phenoxy) is 2. The van der Waals surface area contributed by atoms with Crippen LogP contribution in [-0.2, 0) is 0 Å². The highest BCUT2D eigenvalue weighted by molar-refractivity contribution is 6.01. The first-order chi connectivity index (χ1) is 13.0. The van der Waals surface area contributed by atoms with Crippen LogP contribution in [0.25, 0.3) is 5.69 Å². The number of hydrogen-bond acceptors (Lipinski definition) is 5. The molecule has 7 nitrogen and oxygen atoms in total. The summed E-state index contributed by atoms with van der Waals surface area (Å²) in [6.07, 6.45) is 1.36. The van der Waals surface area contributed by atoms with Crippen LogP contribution in [-0.4, -0.2) is 33.9 Å². The van der Waals surface area contributed by atoms with Crippen LogP contribution in [0.4, 0.5) is 14.5 Å². The van der Waals surface area contributed by atoms with Gasteiger partial charge in [-0.3, -0.25) is 4.79 Å². The van der Waals surface area contributed by atoms with Crippen molar-refractivity contribution in [2.45, 2.75) is 13.5 Å². The number of halogens is 2. The molecule has 140 valence electrons. The van der Waals surface area contributed by atoms with E-state index in [1.54, 1.807) is 24.3 Å². The normalized spacial score (nSPS) is 10.7. The molecule has 0 unspecified atom stereocenters. The van der Waals surface area contributed by atoms with Crippen LogP contribution in [0.2, 0.25) is 0 Å². The van der Waals surface area contributed by atoms with Gasteiger partial charge in [-0.2, -0.15) is 8.78 Å². The summed E-state index contributed by atoms with van der Waals surface area (Å²) < 4.78 is 35.3. The second kappa shape index (κ2) is 8.26. The maximum absolute atomic E-state index is 12.3. The fraction of sp³-hybridized carbons (Fsp3) is 0.167. The van der Waals surface area contributed by atoms with Crippen molar-refractivity contribution < 1.29 is 23.0 Å². The van der Waals surface area contributed by atoms with E-state index in [1.807, 2.05) is 6.92 Å². The number of benzene rings is 2. The number of nitrogens with zero attached hydrogens (tertiary/aromatic N) is 3. The highest BCUT2D eigenvalue weighted by Gasteiger charge is 2.13. The largest absolute Gasteiger partial charge is 0.494 e. The van der Waals surface area contributed by atoms with Crippen LogP contribution in [0.3, 0.4) is 0 Å². The van der Waals surface area contributed by atoms with Gasteiger partial charge >= 0.3 is 6.61 Å². The van der Waals surface area contributed by atoms with Crippen LogP contribution in [0.5, 0.6) is 11.5 Å². The fourth-order valence-corrected chi connectivity index (χ4v) is 2.26. The van der Waals surface area contributed by atoms with Gasteiger partial charge in [-0.25, -0.2) is 9.67 Å². The molecule has 0 aliphatic rings. The van der Waals surface area contributed by atoms with E-state index >= 15 is 0 Å². The van der Waals surface area contributed by atoms with Gasteiger partial charge in [-0.15, -0.1) is 5.10 Å². The Hall–Kier alpha value is -3.49. The van der Waals surface area contributed by atoms with Crippen LogP contribution in [0.15, 0.2) is 54.9 Å². The molecule has 3 aromatic rings. The summed E-state index contributed by atoms with van der Waals surface area (Å²) in [5.41, 5.74) is 1.12. The van der Waals surface area contributed by atoms with E-state index in [2.05, 4.69) is 20.1 Å². The number of anilines is 1. The number of hydrogen-bond donors (Lipinski definition) is 1. The Morgan fingerprint density at radius 3 is 2.41 bits per heavy atom. The second-order valence-electron chi connectivity index (χ2n) is 5.30. The van der Waals surface area contributed by atoms with Crippen LogP contribution < -0.4 is 14.8 Å². The molecule has 2 aromatic carbocycles. The van der Waals surface area contributed by atoms with Gasteiger partial charge in [-0.1, -0.05) is 0 Å². The number of nitrogens with one attached hydrogen (secondary N) is 1. The lowest BCUT2D eigenvalue weighted by molar-refractivity contribution is -0.0498. The Bertz CT molecular complexity index is 896. The van der Waals surface area contributed by atoms with E-state index in [0.717, 1.165) is 0 Å². The van der Waals surface area contributed by atoms with E-state index < -0.39 is 12.5 Å². The predicted molar refractivity (Wildman–Crippen MR) is 93.6 cm³/mol. The quantitative estimate of drug-likeness (QED) is 0.685. The molecule has 0 atom stereocenters. The molecule has 0 spiro atoms. The molecule has 1 heterocycles. The maximum Gasteiger partial charge on any atom is 0.387 e. The molecule has 1 aromatic heterocycles. The van der Waals surface area contributed by atoms with Gasteiger partial charge in [0.1, 0.15) is 17.8 Å². The highest BCUT2D eigenvalue weighted by atomic mass is 19.3. The first-order valence-corrected chi connectivity index (χ1v) is 8.06. The van der Waals surface area contributed by atoms with E-state index in [4.69, 9.17) is 4.74 Å². The number of carbonyl (C=O) groups excluding carboxylic acids is 1. The lowest BCUT2D eigenvalue weighted by Gasteiger charge is -2.06. The average molecular weight is 374 g/mol. The third kappa shape index (κ3) is 4.78. The molecule has 3 rings (SSSR count). The minimum atomic E-state index is -2.89. The molecular formula is C18H16F2N4O3. The molecule has 0 saturated carbocycles. The van der Waals surface area contributed by atoms with Gasteiger partial charge in [0.15, 0.2) is 0 Å². The molecule has 1 amide bonds. The summed E-state index contributed by atoms with van der Waals surface area (Å²) in [5.74, 6) is 0.229. The fourth-order valence-electron chi connectivity index (χ4n) is 2.26. The Kier molecular flexibility index (Phi) is 5.60. The zero-order chi connectivity index (χ0) is 19.2. The van der Waals surface area contributed by atoms with Gasteiger partial charge in [0.05, 0.1) is 12.3 Å². The van der Waals surface area contributed by atoms with Crippen LogP contribution >= 0.6 is 0 Å². The third-order valence-electron chi connectivity index (χ3n) is 3.44. The van der Waals surface area contributed by atoms with Crippen molar-refractivity contribution in [1.82, 2.24) is 14.8 Å². The van der Waals surface area contributed by atoms with Crippen LogP contribution in [0.1, 0.15) is 17.5 Å². The molecule has 0 fully saturated rings. The monoisotopic (exact) mass is 374 g/mol. The van der Waals surface area contributed by atoms with Crippen molar-refractivity contribution in [3.8, 4) is 17.2 Å². The number of amides is 1. The first kappa shape index (κ1) is 18.3. The van der Waals surface area contributed by atoms with Crippen molar-refractivity contribution in [2.75, 3.05) is 11.9 Å². The lowest BCUT2D eigenvalue weighted by atomic mass is 10.3. The summed E-state index contributed by atoms with van der Waals surface area (Å²) in [5, 5.41) is 6.78. The minimum Gasteiger partial charge on any atom is -0.494 e. The smallest absolute Gasteiger partial charge is 0.387 e. The van der Waals surface area contributed by atoms with E-state index in [-0.39, 0.29) is 11.6 Å². The van der Waals surface area contributed by atoms with Gasteiger partial charge in [-0.05, 0) is 55.5 Å². The first-order valence-electron chi connectivity index (χ1n) is 8.06. The van der Waals surface area contributed by atoms with Gasteiger partial charge in [0, 0.05) is 5.69 Å². The maximum atomic E-state index is 12.3.